The first kappa shape index (κ1) is 38.0. The van der Waals surface area contributed by atoms with E-state index in [1.165, 1.54) is 218 Å². The molecule has 0 fully saturated rings. The second kappa shape index (κ2) is 35.0. The Morgan fingerprint density at radius 1 is 0.211 bits per heavy atom. The molecule has 0 aromatic carbocycles. The van der Waals surface area contributed by atoms with Gasteiger partial charge in [0, 0.05) is 0 Å². The lowest BCUT2D eigenvalue weighted by Crippen LogP contribution is -2.01. The Hall–Kier alpha value is 0. The van der Waals surface area contributed by atoms with Gasteiger partial charge in [-0.05, 0) is 5.92 Å². The van der Waals surface area contributed by atoms with Gasteiger partial charge in [-0.15, -0.1) is 0 Å². The van der Waals surface area contributed by atoms with Crippen LogP contribution in [0.25, 0.3) is 0 Å². The van der Waals surface area contributed by atoms with E-state index in [2.05, 4.69) is 20.8 Å². The predicted molar refractivity (Wildman–Crippen MR) is 177 cm³/mol. The molecule has 0 amide bonds. The molecule has 0 heterocycles. The van der Waals surface area contributed by atoms with Crippen molar-refractivity contribution < 1.29 is 0 Å². The molecule has 0 aliphatic heterocycles. The molecule has 0 aromatic rings. The van der Waals surface area contributed by atoms with Crippen LogP contribution in [-0.4, -0.2) is 0 Å². The van der Waals surface area contributed by atoms with Crippen LogP contribution in [0, 0.1) is 5.92 Å². The van der Waals surface area contributed by atoms with Crippen LogP contribution in [0.5, 0.6) is 0 Å². The Morgan fingerprint density at radius 3 is 0.632 bits per heavy atom. The van der Waals surface area contributed by atoms with Crippen molar-refractivity contribution in [2.75, 3.05) is 0 Å². The molecule has 0 bridgehead atoms. The maximum atomic E-state index is 2.37. The van der Waals surface area contributed by atoms with Crippen LogP contribution in [0.4, 0.5) is 0 Å². The molecule has 0 nitrogen and oxygen atoms in total. The summed E-state index contributed by atoms with van der Waals surface area (Å²) in [5.41, 5.74) is 0. The van der Waals surface area contributed by atoms with Gasteiger partial charge in [-0.3, -0.25) is 0 Å². The molecule has 0 saturated carbocycles. The van der Waals surface area contributed by atoms with E-state index < -0.39 is 0 Å². The highest BCUT2D eigenvalue weighted by Crippen LogP contribution is 2.24. The molecule has 0 radical (unpaired) electrons. The van der Waals surface area contributed by atoms with E-state index in [1.807, 2.05) is 0 Å². The van der Waals surface area contributed by atoms with Crippen molar-refractivity contribution >= 4 is 0 Å². The Morgan fingerprint density at radius 2 is 0.395 bits per heavy atom. The summed E-state index contributed by atoms with van der Waals surface area (Å²) in [6.45, 7) is 7.00. The highest BCUT2D eigenvalue weighted by molar-refractivity contribution is 4.62. The molecule has 0 aromatic heterocycles. The van der Waals surface area contributed by atoms with Crippen LogP contribution >= 0.6 is 0 Å². The fraction of sp³-hybridized carbons (Fsp3) is 1.00. The average Bonchev–Trinajstić information content (AvgIpc) is 2.93. The topological polar surface area (TPSA) is 0 Å². The summed E-state index contributed by atoms with van der Waals surface area (Å²) in [5, 5.41) is 0. The van der Waals surface area contributed by atoms with Crippen molar-refractivity contribution in [1.29, 1.82) is 0 Å². The number of hydrogen-bond donors (Lipinski definition) is 0. The minimum atomic E-state index is 1.04. The van der Waals surface area contributed by atoms with Crippen molar-refractivity contribution in [2.45, 2.75) is 239 Å². The summed E-state index contributed by atoms with van der Waals surface area (Å²) in [5.74, 6) is 1.04. The van der Waals surface area contributed by atoms with Crippen LogP contribution in [0.1, 0.15) is 239 Å². The van der Waals surface area contributed by atoms with Gasteiger partial charge in [-0.25, -0.2) is 0 Å². The summed E-state index contributed by atoms with van der Waals surface area (Å²) in [7, 11) is 0. The molecule has 1 unspecified atom stereocenters. The molecule has 0 saturated heterocycles. The van der Waals surface area contributed by atoms with E-state index in [-0.39, 0.29) is 0 Å². The highest BCUT2D eigenvalue weighted by Gasteiger charge is 2.08. The fourth-order valence-corrected chi connectivity index (χ4v) is 6.36. The zero-order valence-electron chi connectivity index (χ0n) is 27.6. The number of hydrogen-bond acceptors (Lipinski definition) is 0. The second-order valence-corrected chi connectivity index (χ2v) is 13.1. The second-order valence-electron chi connectivity index (χ2n) is 13.1. The van der Waals surface area contributed by atoms with Crippen molar-refractivity contribution in [1.82, 2.24) is 0 Å². The Bertz CT molecular complexity index is 385. The molecule has 0 aliphatic rings. The van der Waals surface area contributed by atoms with E-state index in [4.69, 9.17) is 0 Å². The van der Waals surface area contributed by atoms with Crippen LogP contribution in [0.2, 0.25) is 0 Å². The highest BCUT2D eigenvalue weighted by atomic mass is 14.1. The molecule has 0 rings (SSSR count). The largest absolute Gasteiger partial charge is 0.0654 e. The smallest absolute Gasteiger partial charge is 0.0414 e. The van der Waals surface area contributed by atoms with Crippen LogP contribution in [-0.2, 0) is 0 Å². The van der Waals surface area contributed by atoms with E-state index in [1.54, 1.807) is 0 Å². The number of rotatable bonds is 34. The van der Waals surface area contributed by atoms with Crippen molar-refractivity contribution in [3.63, 3.8) is 0 Å². The first-order chi connectivity index (χ1) is 18.8. The monoisotopic (exact) mass is 535 g/mol. The Kier molecular flexibility index (Phi) is 35.0. The van der Waals surface area contributed by atoms with Crippen molar-refractivity contribution in [3.05, 3.63) is 0 Å². The molecular weight excluding hydrogens is 456 g/mol. The Balaban J connectivity index is 3.45. The minimum Gasteiger partial charge on any atom is -0.0654 e. The average molecular weight is 535 g/mol. The van der Waals surface area contributed by atoms with Crippen molar-refractivity contribution in [3.8, 4) is 0 Å². The van der Waals surface area contributed by atoms with Crippen molar-refractivity contribution in [2.24, 2.45) is 5.92 Å². The van der Waals surface area contributed by atoms with Gasteiger partial charge in [-0.2, -0.15) is 0 Å². The van der Waals surface area contributed by atoms with Gasteiger partial charge in [-0.1, -0.05) is 239 Å². The standard InChI is InChI=1S/C38H78/c1-4-7-10-12-14-16-18-20-21-22-24-26-28-30-32-34-37-38(35-9-6-3)36-33-31-29-27-25-23-19-17-15-13-11-8-5-2/h38H,4-37H2,1-3H3. The molecule has 38 heavy (non-hydrogen) atoms. The van der Waals surface area contributed by atoms with Crippen LogP contribution in [0.3, 0.4) is 0 Å². The number of unbranched alkanes of at least 4 members (excludes halogenated alkanes) is 28. The van der Waals surface area contributed by atoms with E-state index in [0.29, 0.717) is 0 Å². The first-order valence-corrected chi connectivity index (χ1v) is 18.8. The quantitative estimate of drug-likeness (QED) is 0.0720. The summed E-state index contributed by atoms with van der Waals surface area (Å²) < 4.78 is 0. The Labute approximate surface area is 244 Å². The maximum absolute atomic E-state index is 2.37. The zero-order valence-corrected chi connectivity index (χ0v) is 27.6. The zero-order chi connectivity index (χ0) is 27.6. The summed E-state index contributed by atoms with van der Waals surface area (Å²) in [4.78, 5) is 0. The van der Waals surface area contributed by atoms with E-state index in [9.17, 15) is 0 Å². The molecule has 0 heteroatoms. The van der Waals surface area contributed by atoms with Gasteiger partial charge in [0.05, 0.1) is 0 Å². The normalized spacial score (nSPS) is 12.4. The van der Waals surface area contributed by atoms with Gasteiger partial charge in [0.15, 0.2) is 0 Å². The van der Waals surface area contributed by atoms with E-state index >= 15 is 0 Å². The third-order valence-electron chi connectivity index (χ3n) is 9.15. The summed E-state index contributed by atoms with van der Waals surface area (Å²) >= 11 is 0. The predicted octanol–water partition coefficient (Wildman–Crippen LogP) is 14.9. The molecule has 230 valence electrons. The lowest BCUT2D eigenvalue weighted by Gasteiger charge is -2.16. The maximum Gasteiger partial charge on any atom is -0.0414 e. The van der Waals surface area contributed by atoms with Gasteiger partial charge in [0.2, 0.25) is 0 Å². The lowest BCUT2D eigenvalue weighted by molar-refractivity contribution is 0.370. The molecule has 0 spiro atoms. The molecule has 0 N–H and O–H groups in total. The molecule has 1 atom stereocenters. The summed E-state index contributed by atoms with van der Waals surface area (Å²) in [6.07, 6.45) is 50.3. The molecule has 0 aliphatic carbocycles. The van der Waals surface area contributed by atoms with Gasteiger partial charge in [0.1, 0.15) is 0 Å². The lowest BCUT2D eigenvalue weighted by atomic mass is 9.90. The molecular formula is C38H78. The van der Waals surface area contributed by atoms with E-state index in [0.717, 1.165) is 5.92 Å². The van der Waals surface area contributed by atoms with Crippen LogP contribution < -0.4 is 0 Å². The SMILES string of the molecule is CCCCCCCCCCCCCCCCCCC(CCCC)CCCCCCCCCCCCCCC. The van der Waals surface area contributed by atoms with Gasteiger partial charge in [0.25, 0.3) is 0 Å². The van der Waals surface area contributed by atoms with Gasteiger partial charge >= 0.3 is 0 Å². The fourth-order valence-electron chi connectivity index (χ4n) is 6.36. The summed E-state index contributed by atoms with van der Waals surface area (Å²) in [6, 6.07) is 0. The van der Waals surface area contributed by atoms with Gasteiger partial charge < -0.3 is 0 Å². The third-order valence-corrected chi connectivity index (χ3v) is 9.15. The minimum absolute atomic E-state index is 1.04. The first-order valence-electron chi connectivity index (χ1n) is 18.8. The third kappa shape index (κ3) is 32.2. The van der Waals surface area contributed by atoms with Crippen LogP contribution in [0.15, 0.2) is 0 Å².